The highest BCUT2D eigenvalue weighted by Crippen LogP contribution is 2.13. The van der Waals surface area contributed by atoms with Crippen LogP contribution in [0, 0.1) is 6.92 Å². The Balaban J connectivity index is 1.76. The molecule has 0 aliphatic rings. The number of guanidine groups is 1. The van der Waals surface area contributed by atoms with Gasteiger partial charge in [0.25, 0.3) is 5.56 Å². The lowest BCUT2D eigenvalue weighted by Crippen LogP contribution is -2.39. The number of aryl methyl sites for hydroxylation is 1. The number of benzene rings is 1. The molecular weight excluding hydrogens is 352 g/mol. The summed E-state index contributed by atoms with van der Waals surface area (Å²) in [5.74, 6) is 1.76. The molecule has 0 aliphatic carbocycles. The van der Waals surface area contributed by atoms with Crippen molar-refractivity contribution in [2.75, 3.05) is 27.2 Å². The first-order valence-corrected chi connectivity index (χ1v) is 9.85. The second-order valence-corrected chi connectivity index (χ2v) is 6.77. The molecule has 0 spiro atoms. The van der Waals surface area contributed by atoms with Crippen molar-refractivity contribution in [2.45, 2.75) is 39.8 Å². The predicted octanol–water partition coefficient (Wildman–Crippen LogP) is 3.04. The first kappa shape index (κ1) is 21.5. The highest BCUT2D eigenvalue weighted by atomic mass is 16.5. The molecule has 2 aromatic rings. The molecule has 0 aliphatic heterocycles. The Labute approximate surface area is 167 Å². The predicted molar refractivity (Wildman–Crippen MR) is 115 cm³/mol. The summed E-state index contributed by atoms with van der Waals surface area (Å²) in [5.41, 5.74) is 2.28. The number of aliphatic imine (C=N–C) groups is 1. The molecule has 0 atom stereocenters. The zero-order valence-electron chi connectivity index (χ0n) is 17.4. The van der Waals surface area contributed by atoms with E-state index >= 15 is 0 Å². The van der Waals surface area contributed by atoms with Gasteiger partial charge in [-0.05, 0) is 50.5 Å². The fourth-order valence-electron chi connectivity index (χ4n) is 3.10. The van der Waals surface area contributed by atoms with E-state index in [2.05, 4.69) is 27.3 Å². The van der Waals surface area contributed by atoms with Crippen LogP contribution in [0.3, 0.4) is 0 Å². The van der Waals surface area contributed by atoms with Crippen molar-refractivity contribution in [3.63, 3.8) is 0 Å². The van der Waals surface area contributed by atoms with E-state index in [1.165, 1.54) is 5.56 Å². The molecule has 0 bridgehead atoms. The molecule has 0 unspecified atom stereocenters. The van der Waals surface area contributed by atoms with E-state index in [0.29, 0.717) is 6.61 Å². The van der Waals surface area contributed by atoms with Gasteiger partial charge in [0.05, 0.1) is 6.61 Å². The van der Waals surface area contributed by atoms with Crippen LogP contribution in [0.15, 0.2) is 52.3 Å². The molecule has 1 aromatic carbocycles. The Morgan fingerprint density at radius 2 is 1.93 bits per heavy atom. The maximum absolute atomic E-state index is 11.9. The van der Waals surface area contributed by atoms with Gasteiger partial charge >= 0.3 is 0 Å². The van der Waals surface area contributed by atoms with Gasteiger partial charge in [-0.15, -0.1) is 0 Å². The standard InChI is InChI=1S/C22H32N4O2/c1-5-28-20-13-11-19(12-14-20)17-25(4)22(23-3)24-15-6-7-16-26-18(2)9-8-10-21(26)27/h8-14H,5-7,15-17H2,1-4H3,(H,23,24). The van der Waals surface area contributed by atoms with Crippen molar-refractivity contribution in [3.8, 4) is 5.75 Å². The SMILES string of the molecule is CCOc1ccc(CN(C)C(=NC)NCCCCn2c(C)cccc2=O)cc1. The number of pyridine rings is 1. The normalized spacial score (nSPS) is 11.4. The molecule has 6 heteroatoms. The summed E-state index contributed by atoms with van der Waals surface area (Å²) in [6.07, 6.45) is 1.91. The average Bonchev–Trinajstić information content (AvgIpc) is 2.68. The van der Waals surface area contributed by atoms with Crippen LogP contribution < -0.4 is 15.6 Å². The quantitative estimate of drug-likeness (QED) is 0.410. The average molecular weight is 385 g/mol. The molecule has 28 heavy (non-hydrogen) atoms. The Bertz CT molecular complexity index is 812. The molecule has 1 heterocycles. The highest BCUT2D eigenvalue weighted by Gasteiger charge is 2.07. The Kier molecular flexibility index (Phi) is 8.59. The van der Waals surface area contributed by atoms with E-state index in [1.807, 2.05) is 43.7 Å². The minimum Gasteiger partial charge on any atom is -0.494 e. The van der Waals surface area contributed by atoms with Crippen molar-refractivity contribution in [1.29, 1.82) is 0 Å². The molecule has 2 rings (SSSR count). The van der Waals surface area contributed by atoms with Gasteiger partial charge in [0, 0.05) is 45.5 Å². The number of rotatable bonds is 9. The zero-order valence-corrected chi connectivity index (χ0v) is 17.4. The molecule has 152 valence electrons. The Morgan fingerprint density at radius 3 is 2.57 bits per heavy atom. The van der Waals surface area contributed by atoms with Crippen molar-refractivity contribution in [3.05, 3.63) is 64.1 Å². The summed E-state index contributed by atoms with van der Waals surface area (Å²) in [6.45, 7) is 6.96. The topological polar surface area (TPSA) is 58.9 Å². The molecule has 0 saturated carbocycles. The smallest absolute Gasteiger partial charge is 0.250 e. The van der Waals surface area contributed by atoms with E-state index in [1.54, 1.807) is 19.2 Å². The fourth-order valence-corrected chi connectivity index (χ4v) is 3.10. The van der Waals surface area contributed by atoms with Gasteiger partial charge in [-0.3, -0.25) is 9.79 Å². The number of nitrogens with one attached hydrogen (secondary N) is 1. The second kappa shape index (κ2) is 11.2. The third-order valence-electron chi connectivity index (χ3n) is 4.59. The molecule has 0 saturated heterocycles. The number of unbranched alkanes of at least 4 members (excludes halogenated alkanes) is 1. The van der Waals surface area contributed by atoms with Gasteiger partial charge in [0.15, 0.2) is 5.96 Å². The third kappa shape index (κ3) is 6.44. The first-order chi connectivity index (χ1) is 13.5. The van der Waals surface area contributed by atoms with Crippen LogP contribution in [0.1, 0.15) is 31.0 Å². The van der Waals surface area contributed by atoms with Crippen molar-refractivity contribution in [2.24, 2.45) is 4.99 Å². The van der Waals surface area contributed by atoms with Crippen LogP contribution in [0.2, 0.25) is 0 Å². The van der Waals surface area contributed by atoms with Gasteiger partial charge in [-0.2, -0.15) is 0 Å². The van der Waals surface area contributed by atoms with Gasteiger partial charge in [0.2, 0.25) is 0 Å². The molecule has 0 amide bonds. The minimum atomic E-state index is 0.0684. The van der Waals surface area contributed by atoms with E-state index in [-0.39, 0.29) is 5.56 Å². The van der Waals surface area contributed by atoms with E-state index in [0.717, 1.165) is 49.9 Å². The molecule has 0 radical (unpaired) electrons. The largest absolute Gasteiger partial charge is 0.494 e. The van der Waals surface area contributed by atoms with Crippen LogP contribution in [0.5, 0.6) is 5.75 Å². The Morgan fingerprint density at radius 1 is 1.18 bits per heavy atom. The maximum Gasteiger partial charge on any atom is 0.250 e. The second-order valence-electron chi connectivity index (χ2n) is 6.77. The summed E-state index contributed by atoms with van der Waals surface area (Å²) >= 11 is 0. The van der Waals surface area contributed by atoms with E-state index < -0.39 is 0 Å². The maximum atomic E-state index is 11.9. The number of aromatic nitrogens is 1. The van der Waals surface area contributed by atoms with Crippen LogP contribution >= 0.6 is 0 Å². The van der Waals surface area contributed by atoms with Gasteiger partial charge in [0.1, 0.15) is 5.75 Å². The van der Waals surface area contributed by atoms with Crippen LogP contribution in [0.25, 0.3) is 0 Å². The fraction of sp³-hybridized carbons (Fsp3) is 0.455. The molecule has 1 N–H and O–H groups in total. The van der Waals surface area contributed by atoms with E-state index in [9.17, 15) is 4.79 Å². The monoisotopic (exact) mass is 384 g/mol. The van der Waals surface area contributed by atoms with Crippen LogP contribution in [-0.2, 0) is 13.1 Å². The summed E-state index contributed by atoms with van der Waals surface area (Å²) in [6, 6.07) is 13.5. The lowest BCUT2D eigenvalue weighted by molar-refractivity contribution is 0.340. The van der Waals surface area contributed by atoms with Crippen molar-refractivity contribution < 1.29 is 4.74 Å². The summed E-state index contributed by atoms with van der Waals surface area (Å²) in [4.78, 5) is 18.4. The highest BCUT2D eigenvalue weighted by molar-refractivity contribution is 5.79. The lowest BCUT2D eigenvalue weighted by Gasteiger charge is -2.22. The summed E-state index contributed by atoms with van der Waals surface area (Å²) < 4.78 is 7.31. The summed E-state index contributed by atoms with van der Waals surface area (Å²) in [7, 11) is 3.82. The number of ether oxygens (including phenoxy) is 1. The van der Waals surface area contributed by atoms with Gasteiger partial charge in [-0.25, -0.2) is 0 Å². The van der Waals surface area contributed by atoms with Gasteiger partial charge in [-0.1, -0.05) is 18.2 Å². The number of hydrogen-bond donors (Lipinski definition) is 1. The van der Waals surface area contributed by atoms with Crippen LogP contribution in [-0.4, -0.2) is 42.7 Å². The third-order valence-corrected chi connectivity index (χ3v) is 4.59. The molecule has 6 nitrogen and oxygen atoms in total. The van der Waals surface area contributed by atoms with Crippen molar-refractivity contribution >= 4 is 5.96 Å². The Hall–Kier alpha value is -2.76. The molecular formula is C22H32N4O2. The number of hydrogen-bond acceptors (Lipinski definition) is 3. The first-order valence-electron chi connectivity index (χ1n) is 9.85. The molecule has 1 aromatic heterocycles. The van der Waals surface area contributed by atoms with Gasteiger partial charge < -0.3 is 19.5 Å². The zero-order chi connectivity index (χ0) is 20.4. The molecule has 0 fully saturated rings. The summed E-state index contributed by atoms with van der Waals surface area (Å²) in [5, 5.41) is 3.40. The minimum absolute atomic E-state index is 0.0684. The lowest BCUT2D eigenvalue weighted by atomic mass is 10.2. The number of nitrogens with zero attached hydrogens (tertiary/aromatic N) is 3. The van der Waals surface area contributed by atoms with E-state index in [4.69, 9.17) is 4.74 Å². The van der Waals surface area contributed by atoms with Crippen molar-refractivity contribution in [1.82, 2.24) is 14.8 Å². The van der Waals surface area contributed by atoms with Crippen LogP contribution in [0.4, 0.5) is 0 Å².